The summed E-state index contributed by atoms with van der Waals surface area (Å²) in [6.45, 7) is 2.39. The minimum Gasteiger partial charge on any atom is -0.374 e. The summed E-state index contributed by atoms with van der Waals surface area (Å²) in [6, 6.07) is 2.80. The average Bonchev–Trinajstić information content (AvgIpc) is 2.33. The number of hydrogen-bond donors (Lipinski definition) is 1. The maximum Gasteiger partial charge on any atom is 0.418 e. The molecule has 0 bridgehead atoms. The van der Waals surface area contributed by atoms with Gasteiger partial charge in [0, 0.05) is 19.3 Å². The Hall–Kier alpha value is -1.28. The molecule has 20 heavy (non-hydrogen) atoms. The first-order valence-corrected chi connectivity index (χ1v) is 7.57. The van der Waals surface area contributed by atoms with E-state index in [1.165, 1.54) is 11.9 Å². The summed E-state index contributed by atoms with van der Waals surface area (Å²) in [5.74, 6) is 0. The molecular formula is C12H17F3N2O2S. The lowest BCUT2D eigenvalue weighted by Gasteiger charge is -2.23. The lowest BCUT2D eigenvalue weighted by Crippen LogP contribution is -2.23. The number of rotatable bonds is 5. The molecule has 0 spiro atoms. The maximum atomic E-state index is 13.0. The van der Waals surface area contributed by atoms with Crippen LogP contribution in [0.2, 0.25) is 0 Å². The van der Waals surface area contributed by atoms with Crippen molar-refractivity contribution in [2.24, 2.45) is 5.14 Å². The molecule has 4 nitrogen and oxygen atoms in total. The summed E-state index contributed by atoms with van der Waals surface area (Å²) >= 11 is 0. The van der Waals surface area contributed by atoms with Gasteiger partial charge in [-0.1, -0.05) is 13.3 Å². The van der Waals surface area contributed by atoms with Crippen LogP contribution in [0.3, 0.4) is 0 Å². The third-order valence-corrected chi connectivity index (χ3v) is 3.77. The molecule has 8 heteroatoms. The number of halogens is 3. The molecule has 2 N–H and O–H groups in total. The summed E-state index contributed by atoms with van der Waals surface area (Å²) in [5, 5.41) is 4.87. The molecule has 0 aliphatic rings. The van der Waals surface area contributed by atoms with Crippen LogP contribution in [0.25, 0.3) is 0 Å². The molecule has 0 heterocycles. The minimum atomic E-state index is -4.64. The Kier molecular flexibility index (Phi) is 5.04. The van der Waals surface area contributed by atoms with Gasteiger partial charge >= 0.3 is 6.18 Å². The molecule has 114 valence electrons. The van der Waals surface area contributed by atoms with E-state index in [-0.39, 0.29) is 5.69 Å². The largest absolute Gasteiger partial charge is 0.418 e. The first-order chi connectivity index (χ1) is 9.07. The number of hydrogen-bond acceptors (Lipinski definition) is 3. The highest BCUT2D eigenvalue weighted by Crippen LogP contribution is 2.37. The second kappa shape index (κ2) is 6.01. The molecule has 0 amide bonds. The Morgan fingerprint density at radius 1 is 1.30 bits per heavy atom. The fourth-order valence-electron chi connectivity index (χ4n) is 1.77. The fourth-order valence-corrected chi connectivity index (χ4v) is 2.31. The zero-order valence-electron chi connectivity index (χ0n) is 11.2. The molecule has 1 rings (SSSR count). The zero-order chi connectivity index (χ0) is 15.6. The van der Waals surface area contributed by atoms with Crippen molar-refractivity contribution >= 4 is 15.7 Å². The first-order valence-electron chi connectivity index (χ1n) is 6.02. The molecule has 1 aromatic carbocycles. The Bertz CT molecular complexity index is 571. The molecular weight excluding hydrogens is 293 g/mol. The zero-order valence-corrected chi connectivity index (χ0v) is 12.1. The predicted octanol–water partition coefficient (Wildman–Crippen LogP) is 2.59. The van der Waals surface area contributed by atoms with Gasteiger partial charge in [-0.05, 0) is 24.6 Å². The number of nitrogens with zero attached hydrogens (tertiary/aromatic N) is 1. The van der Waals surface area contributed by atoms with Gasteiger partial charge in [-0.2, -0.15) is 13.2 Å². The Morgan fingerprint density at radius 2 is 1.90 bits per heavy atom. The van der Waals surface area contributed by atoms with Gasteiger partial charge in [0.2, 0.25) is 10.0 Å². The molecule has 0 saturated heterocycles. The van der Waals surface area contributed by atoms with E-state index in [4.69, 9.17) is 5.14 Å². The first kappa shape index (κ1) is 16.8. The molecule has 1 aromatic rings. The predicted molar refractivity (Wildman–Crippen MR) is 71.0 cm³/mol. The molecule has 0 aromatic heterocycles. The van der Waals surface area contributed by atoms with Gasteiger partial charge in [-0.3, -0.25) is 0 Å². The average molecular weight is 310 g/mol. The van der Waals surface area contributed by atoms with Gasteiger partial charge in [0.15, 0.2) is 0 Å². The van der Waals surface area contributed by atoms with E-state index < -0.39 is 26.7 Å². The summed E-state index contributed by atoms with van der Waals surface area (Å²) in [6.07, 6.45) is -3.05. The van der Waals surface area contributed by atoms with Crippen LogP contribution in [0.1, 0.15) is 25.3 Å². The molecule has 0 unspecified atom stereocenters. The normalized spacial score (nSPS) is 12.5. The number of alkyl halides is 3. The van der Waals surface area contributed by atoms with E-state index in [2.05, 4.69) is 0 Å². The number of anilines is 1. The number of nitrogens with two attached hydrogens (primary N) is 1. The number of benzene rings is 1. The number of unbranched alkanes of at least 4 members (excludes halogenated alkanes) is 1. The molecule has 0 aliphatic heterocycles. The lowest BCUT2D eigenvalue weighted by atomic mass is 10.1. The Morgan fingerprint density at radius 3 is 2.35 bits per heavy atom. The summed E-state index contributed by atoms with van der Waals surface area (Å²) in [5.41, 5.74) is -1.05. The van der Waals surface area contributed by atoms with Crippen LogP contribution in [0, 0.1) is 0 Å². The Balaban J connectivity index is 3.32. The van der Waals surface area contributed by atoms with Gasteiger partial charge < -0.3 is 4.90 Å². The van der Waals surface area contributed by atoms with Crippen LogP contribution in [-0.2, 0) is 16.2 Å². The van der Waals surface area contributed by atoms with Crippen molar-refractivity contribution < 1.29 is 21.6 Å². The van der Waals surface area contributed by atoms with Crippen LogP contribution in [-0.4, -0.2) is 22.0 Å². The molecule has 0 saturated carbocycles. The highest BCUT2D eigenvalue weighted by Gasteiger charge is 2.35. The lowest BCUT2D eigenvalue weighted by molar-refractivity contribution is -0.137. The number of sulfonamides is 1. The highest BCUT2D eigenvalue weighted by atomic mass is 32.2. The van der Waals surface area contributed by atoms with Crippen molar-refractivity contribution in [2.75, 3.05) is 18.5 Å². The minimum absolute atomic E-state index is 0.0571. The van der Waals surface area contributed by atoms with Crippen molar-refractivity contribution in [2.45, 2.75) is 30.8 Å². The van der Waals surface area contributed by atoms with E-state index in [0.717, 1.165) is 25.0 Å². The molecule has 0 radical (unpaired) electrons. The van der Waals surface area contributed by atoms with Crippen molar-refractivity contribution in [3.63, 3.8) is 0 Å². The summed E-state index contributed by atoms with van der Waals surface area (Å²) in [4.78, 5) is 0.914. The second-order valence-electron chi connectivity index (χ2n) is 4.50. The van der Waals surface area contributed by atoms with Crippen LogP contribution < -0.4 is 10.0 Å². The fraction of sp³-hybridized carbons (Fsp3) is 0.500. The third-order valence-electron chi connectivity index (χ3n) is 2.86. The van der Waals surface area contributed by atoms with Gasteiger partial charge in [-0.15, -0.1) is 0 Å². The van der Waals surface area contributed by atoms with Crippen LogP contribution in [0.4, 0.5) is 18.9 Å². The summed E-state index contributed by atoms with van der Waals surface area (Å²) < 4.78 is 61.4. The van der Waals surface area contributed by atoms with E-state index in [9.17, 15) is 21.6 Å². The van der Waals surface area contributed by atoms with Gasteiger partial charge in [0.1, 0.15) is 0 Å². The topological polar surface area (TPSA) is 63.4 Å². The van der Waals surface area contributed by atoms with E-state index in [1.54, 1.807) is 0 Å². The van der Waals surface area contributed by atoms with E-state index in [1.807, 2.05) is 6.92 Å². The van der Waals surface area contributed by atoms with E-state index in [0.29, 0.717) is 12.6 Å². The summed E-state index contributed by atoms with van der Waals surface area (Å²) in [7, 11) is -2.62. The smallest absolute Gasteiger partial charge is 0.374 e. The van der Waals surface area contributed by atoms with Crippen molar-refractivity contribution in [1.29, 1.82) is 0 Å². The monoisotopic (exact) mass is 310 g/mol. The van der Waals surface area contributed by atoms with Crippen molar-refractivity contribution in [3.05, 3.63) is 23.8 Å². The molecule has 0 atom stereocenters. The van der Waals surface area contributed by atoms with Crippen molar-refractivity contribution in [3.8, 4) is 0 Å². The van der Waals surface area contributed by atoms with Crippen LogP contribution in [0.15, 0.2) is 23.1 Å². The molecule has 0 aliphatic carbocycles. The third kappa shape index (κ3) is 4.11. The van der Waals surface area contributed by atoms with Gasteiger partial charge in [0.05, 0.1) is 10.5 Å². The molecule has 0 fully saturated rings. The maximum absolute atomic E-state index is 13.0. The van der Waals surface area contributed by atoms with Crippen LogP contribution >= 0.6 is 0 Å². The van der Waals surface area contributed by atoms with Gasteiger partial charge in [0.25, 0.3) is 0 Å². The quantitative estimate of drug-likeness (QED) is 0.909. The van der Waals surface area contributed by atoms with E-state index >= 15 is 0 Å². The van der Waals surface area contributed by atoms with Crippen LogP contribution in [0.5, 0.6) is 0 Å². The SMILES string of the molecule is CCCCN(C)c1ccc(S(N)(=O)=O)cc1C(F)(F)F. The standard InChI is InChI=1S/C12H17F3N2O2S/c1-3-4-7-17(2)11-6-5-9(20(16,18)19)8-10(11)12(13,14)15/h5-6,8H,3-4,7H2,1-2H3,(H2,16,18,19). The van der Waals surface area contributed by atoms with Crippen molar-refractivity contribution in [1.82, 2.24) is 0 Å². The second-order valence-corrected chi connectivity index (χ2v) is 6.06. The van der Waals surface area contributed by atoms with Gasteiger partial charge in [-0.25, -0.2) is 13.6 Å². The number of primary sulfonamides is 1. The highest BCUT2D eigenvalue weighted by molar-refractivity contribution is 7.89. The Labute approximate surface area is 116 Å².